The summed E-state index contributed by atoms with van der Waals surface area (Å²) >= 11 is 13.2. The first-order chi connectivity index (χ1) is 19.6. The number of rotatable bonds is 0. The van der Waals surface area contributed by atoms with E-state index in [1.807, 2.05) is 158 Å². The van der Waals surface area contributed by atoms with Crippen LogP contribution in [0, 0.1) is 36.4 Å². The maximum absolute atomic E-state index is 3.31. The van der Waals surface area contributed by atoms with Gasteiger partial charge in [0.15, 0.2) is 0 Å². The van der Waals surface area contributed by atoms with E-state index >= 15 is 0 Å². The van der Waals surface area contributed by atoms with Gasteiger partial charge in [-0.1, -0.05) is 81.6 Å². The summed E-state index contributed by atoms with van der Waals surface area (Å²) in [6.45, 7) is 0. The molecule has 0 unspecified atom stereocenters. The van der Waals surface area contributed by atoms with Crippen LogP contribution >= 0.6 is 63.7 Å². The summed E-state index contributed by atoms with van der Waals surface area (Å²) in [5.74, 6) is 0. The first-order valence-corrected chi connectivity index (χ1v) is 15.0. The van der Waals surface area contributed by atoms with Gasteiger partial charge in [0.05, 0.1) is 0 Å². The first kappa shape index (κ1) is 38.8. The number of benzene rings is 6. The molecule has 215 valence electrons. The van der Waals surface area contributed by atoms with E-state index in [-0.39, 0.29) is 17.1 Å². The van der Waals surface area contributed by atoms with Crippen molar-refractivity contribution in [2.45, 2.75) is 0 Å². The fraction of sp³-hybridized carbons (Fsp3) is 0. The second-order valence-electron chi connectivity index (χ2n) is 7.02. The maximum atomic E-state index is 3.31. The van der Waals surface area contributed by atoms with Crippen LogP contribution in [0.4, 0.5) is 0 Å². The molecule has 0 aliphatic rings. The van der Waals surface area contributed by atoms with E-state index in [0.29, 0.717) is 0 Å². The molecule has 0 aliphatic heterocycles. The van der Waals surface area contributed by atoms with Gasteiger partial charge in [-0.15, -0.1) is 12.1 Å². The van der Waals surface area contributed by atoms with Gasteiger partial charge in [-0.3, -0.25) is 0 Å². The monoisotopic (exact) mass is 837 g/mol. The van der Waals surface area contributed by atoms with E-state index in [1.165, 1.54) is 0 Å². The van der Waals surface area contributed by atoms with Gasteiger partial charge >= 0.3 is 0 Å². The van der Waals surface area contributed by atoms with Crippen molar-refractivity contribution in [2.75, 3.05) is 0 Å². The average molecular weight is 842 g/mol. The zero-order chi connectivity index (χ0) is 28.9. The summed E-state index contributed by atoms with van der Waals surface area (Å²) in [6.07, 6.45) is 0. The van der Waals surface area contributed by atoms with Crippen LogP contribution in [-0.4, -0.2) is 0 Å². The second kappa shape index (κ2) is 29.3. The van der Waals surface area contributed by atoms with Crippen LogP contribution in [0.1, 0.15) is 0 Å². The third-order valence-corrected chi connectivity index (χ3v) is 5.79. The molecule has 0 nitrogen and oxygen atoms in total. The summed E-state index contributed by atoms with van der Waals surface area (Å²) in [7, 11) is 0. The Morgan fingerprint density at radius 2 is 0.585 bits per heavy atom. The zero-order valence-electron chi connectivity index (χ0n) is 21.8. The molecule has 0 heterocycles. The number of halogens is 4. The van der Waals surface area contributed by atoms with Crippen molar-refractivity contribution in [3.63, 3.8) is 0 Å². The Bertz CT molecular complexity index is 1010. The fourth-order valence-electron chi connectivity index (χ4n) is 2.19. The Kier molecular flexibility index (Phi) is 27.7. The quantitative estimate of drug-likeness (QED) is 0.106. The molecule has 0 N–H and O–H groups in total. The Hall–Kier alpha value is -2.24. The number of hydrogen-bond acceptors (Lipinski definition) is 0. The minimum atomic E-state index is 0. The molecule has 0 spiro atoms. The standard InChI is InChI=1S/2C6H3Br2.4C6H5.Cu/c2*7-5-2-1-3-6(8)4-5;4*1-2-4-6-5-3-1;/h2*1-2,4H;4*1-5H;/q6*-1;. The Morgan fingerprint density at radius 3 is 0.683 bits per heavy atom. The topological polar surface area (TPSA) is 0 Å². The maximum Gasteiger partial charge on any atom is 0 e. The molecule has 0 fully saturated rings. The first-order valence-electron chi connectivity index (χ1n) is 11.9. The summed E-state index contributed by atoms with van der Waals surface area (Å²) in [4.78, 5) is 0. The molecule has 41 heavy (non-hydrogen) atoms. The fourth-order valence-corrected chi connectivity index (χ4v) is 4.29. The van der Waals surface area contributed by atoms with Crippen molar-refractivity contribution in [1.29, 1.82) is 0 Å². The molecule has 6 aromatic carbocycles. The molecule has 0 amide bonds. The zero-order valence-corrected chi connectivity index (χ0v) is 29.1. The summed E-state index contributed by atoms with van der Waals surface area (Å²) < 4.78 is 4.10. The molecule has 0 saturated carbocycles. The Labute approximate surface area is 290 Å². The van der Waals surface area contributed by atoms with E-state index < -0.39 is 0 Å². The molecule has 0 aliphatic carbocycles. The molecule has 0 bridgehead atoms. The van der Waals surface area contributed by atoms with Crippen LogP contribution in [0.5, 0.6) is 0 Å². The van der Waals surface area contributed by atoms with E-state index in [4.69, 9.17) is 0 Å². The van der Waals surface area contributed by atoms with Crippen molar-refractivity contribution in [2.24, 2.45) is 0 Å². The van der Waals surface area contributed by atoms with Gasteiger partial charge in [-0.2, -0.15) is 182 Å². The third-order valence-electron chi connectivity index (χ3n) is 3.89. The minimum Gasteiger partial charge on any atom is -0.184 e. The number of hydrogen-bond donors (Lipinski definition) is 0. The van der Waals surface area contributed by atoms with Gasteiger partial charge in [0.1, 0.15) is 0 Å². The van der Waals surface area contributed by atoms with Crippen LogP contribution in [0.3, 0.4) is 0 Å². The van der Waals surface area contributed by atoms with E-state index in [2.05, 4.69) is 100 Å². The smallest absolute Gasteiger partial charge is 0 e. The molecule has 1 radical (unpaired) electrons. The predicted molar refractivity (Wildman–Crippen MR) is 182 cm³/mol. The van der Waals surface area contributed by atoms with Crippen LogP contribution in [0.15, 0.2) is 176 Å². The molecule has 5 heteroatoms. The molecule has 6 aromatic rings. The van der Waals surface area contributed by atoms with Crippen LogP contribution in [0.25, 0.3) is 0 Å². The van der Waals surface area contributed by atoms with Crippen LogP contribution in [0.2, 0.25) is 0 Å². The Morgan fingerprint density at radius 1 is 0.341 bits per heavy atom. The second-order valence-corrected chi connectivity index (χ2v) is 10.6. The van der Waals surface area contributed by atoms with E-state index in [0.717, 1.165) is 17.9 Å². The summed E-state index contributed by atoms with van der Waals surface area (Å²) in [5.41, 5.74) is 0. The van der Waals surface area contributed by atoms with E-state index in [1.54, 1.807) is 0 Å². The molecule has 0 aromatic heterocycles. The molecular weight excluding hydrogens is 816 g/mol. The minimum absolute atomic E-state index is 0. The molecule has 0 saturated heterocycles. The van der Waals surface area contributed by atoms with Gasteiger partial charge in [0.25, 0.3) is 0 Å². The van der Waals surface area contributed by atoms with Crippen molar-refractivity contribution >= 4 is 63.7 Å². The van der Waals surface area contributed by atoms with Crippen molar-refractivity contribution < 1.29 is 17.1 Å². The van der Waals surface area contributed by atoms with Crippen LogP contribution in [-0.2, 0) is 17.1 Å². The summed E-state index contributed by atoms with van der Waals surface area (Å²) in [5, 5.41) is 0. The normalized spacial score (nSPS) is 8.29. The molecule has 0 atom stereocenters. The molecule has 6 rings (SSSR count). The van der Waals surface area contributed by atoms with Crippen molar-refractivity contribution in [3.05, 3.63) is 212 Å². The average Bonchev–Trinajstić information content (AvgIpc) is 3.02. The van der Waals surface area contributed by atoms with Gasteiger partial charge in [0.2, 0.25) is 0 Å². The predicted octanol–water partition coefficient (Wildman–Crippen LogP) is 12.0. The summed E-state index contributed by atoms with van der Waals surface area (Å²) in [6, 6.07) is 67.4. The third kappa shape index (κ3) is 27.7. The van der Waals surface area contributed by atoms with Gasteiger partial charge in [0, 0.05) is 17.1 Å². The Balaban J connectivity index is 0.000000468. The largest absolute Gasteiger partial charge is 0.184 e. The van der Waals surface area contributed by atoms with E-state index in [9.17, 15) is 0 Å². The SMILES string of the molecule is Brc1[c-]ccc(Br)c1.Brc1[c-]ccc(Br)c1.[Cu].[c-]1ccccc1.[c-]1ccccc1.[c-]1ccccc1.[c-]1ccccc1. The van der Waals surface area contributed by atoms with Gasteiger partial charge in [-0.05, 0) is 0 Å². The van der Waals surface area contributed by atoms with Crippen molar-refractivity contribution in [3.8, 4) is 0 Å². The van der Waals surface area contributed by atoms with Gasteiger partial charge < -0.3 is 0 Å². The van der Waals surface area contributed by atoms with Crippen molar-refractivity contribution in [1.82, 2.24) is 0 Å². The van der Waals surface area contributed by atoms with Crippen LogP contribution < -0.4 is 0 Å². The molecular formula is C36H26Br4Cu-6. The van der Waals surface area contributed by atoms with Gasteiger partial charge in [-0.25, -0.2) is 0 Å².